The summed E-state index contributed by atoms with van der Waals surface area (Å²) in [5, 5.41) is 0. The van der Waals surface area contributed by atoms with Crippen LogP contribution in [0.25, 0.3) is 0 Å². The maximum atomic E-state index is 13.6. The minimum absolute atomic E-state index is 0.0489. The second-order valence-corrected chi connectivity index (χ2v) is 12.9. The number of halogens is 12. The van der Waals surface area contributed by atoms with Crippen LogP contribution in [-0.2, 0) is 24.7 Å². The number of rotatable bonds is 8. The van der Waals surface area contributed by atoms with Crippen LogP contribution in [0.2, 0.25) is 0 Å². The Kier molecular flexibility index (Phi) is 9.85. The van der Waals surface area contributed by atoms with E-state index in [1.165, 1.54) is 13.8 Å². The molecule has 0 aliphatic carbocycles. The second kappa shape index (κ2) is 11.5. The summed E-state index contributed by atoms with van der Waals surface area (Å²) >= 11 is 0. The Labute approximate surface area is 243 Å². The lowest BCUT2D eigenvalue weighted by molar-refractivity contribution is -0.144. The fourth-order valence-corrected chi connectivity index (χ4v) is 6.14. The van der Waals surface area contributed by atoms with Gasteiger partial charge in [-0.1, -0.05) is 55.4 Å². The molecule has 244 valence electrons. The smallest absolute Gasteiger partial charge is 0.166 e. The highest BCUT2D eigenvalue weighted by Crippen LogP contribution is 2.58. The minimum Gasteiger partial charge on any atom is -0.166 e. The Balaban J connectivity index is 2.61. The summed E-state index contributed by atoms with van der Waals surface area (Å²) in [6.07, 6.45) is -19.7. The molecule has 2 aromatic rings. The standard InChI is InChI=1S/C31H36F12/c1-9-27(8,18(3)20-12-23(30(38,39)40)15-24(13-20)31(41,42)43)26(6,7)16-25(4,5)17(2)19-10-21(28(32,33)34)14-22(11-19)29(35,36)37/h10-15,17-18H,9,16H2,1-8H3. The molecule has 0 N–H and O–H groups in total. The summed E-state index contributed by atoms with van der Waals surface area (Å²) < 4.78 is 163. The third-order valence-electron chi connectivity index (χ3n) is 9.53. The third kappa shape index (κ3) is 8.01. The van der Waals surface area contributed by atoms with E-state index in [1.807, 2.05) is 0 Å². The maximum absolute atomic E-state index is 13.6. The van der Waals surface area contributed by atoms with E-state index < -0.39 is 75.0 Å². The van der Waals surface area contributed by atoms with Gasteiger partial charge in [0.2, 0.25) is 0 Å². The number of alkyl halides is 12. The van der Waals surface area contributed by atoms with Gasteiger partial charge in [0.1, 0.15) is 0 Å². The van der Waals surface area contributed by atoms with Gasteiger partial charge in [0.25, 0.3) is 0 Å². The summed E-state index contributed by atoms with van der Waals surface area (Å²) in [5.41, 5.74) is -8.95. The van der Waals surface area contributed by atoms with Crippen molar-refractivity contribution in [3.63, 3.8) is 0 Å². The molecule has 0 aliphatic heterocycles. The van der Waals surface area contributed by atoms with Gasteiger partial charge in [-0.3, -0.25) is 0 Å². The highest BCUT2D eigenvalue weighted by molar-refractivity contribution is 5.38. The first-order valence-corrected chi connectivity index (χ1v) is 13.6. The van der Waals surface area contributed by atoms with Crippen LogP contribution in [0, 0.1) is 16.2 Å². The molecule has 3 unspecified atom stereocenters. The Morgan fingerprint density at radius 2 is 0.767 bits per heavy atom. The Morgan fingerprint density at radius 3 is 1.02 bits per heavy atom. The van der Waals surface area contributed by atoms with Gasteiger partial charge in [-0.25, -0.2) is 0 Å². The van der Waals surface area contributed by atoms with E-state index in [2.05, 4.69) is 0 Å². The van der Waals surface area contributed by atoms with Crippen LogP contribution in [-0.4, -0.2) is 0 Å². The Bertz CT molecular complexity index is 1210. The Hall–Kier alpha value is -2.40. The van der Waals surface area contributed by atoms with E-state index in [1.54, 1.807) is 41.5 Å². The SMILES string of the molecule is CCC(C)(C(C)c1cc(C(F)(F)F)cc(C(F)(F)F)c1)C(C)(C)CC(C)(C)C(C)c1cc(C(F)(F)F)cc(C(F)(F)F)c1. The van der Waals surface area contributed by atoms with E-state index in [9.17, 15) is 52.7 Å². The molecule has 0 bridgehead atoms. The highest BCUT2D eigenvalue weighted by atomic mass is 19.4. The van der Waals surface area contributed by atoms with Gasteiger partial charge < -0.3 is 0 Å². The molecule has 12 heteroatoms. The minimum atomic E-state index is -5.04. The van der Waals surface area contributed by atoms with Gasteiger partial charge in [-0.05, 0) is 88.4 Å². The van der Waals surface area contributed by atoms with Crippen LogP contribution in [0.3, 0.4) is 0 Å². The zero-order chi connectivity index (χ0) is 33.8. The van der Waals surface area contributed by atoms with Gasteiger partial charge >= 0.3 is 24.7 Å². The van der Waals surface area contributed by atoms with E-state index in [-0.39, 0.29) is 29.7 Å². The van der Waals surface area contributed by atoms with Gasteiger partial charge in [0.05, 0.1) is 22.3 Å². The van der Waals surface area contributed by atoms with Gasteiger partial charge in [-0.15, -0.1) is 0 Å². The number of hydrogen-bond donors (Lipinski definition) is 0. The number of benzene rings is 2. The molecule has 0 fully saturated rings. The van der Waals surface area contributed by atoms with Crippen LogP contribution in [0.15, 0.2) is 36.4 Å². The van der Waals surface area contributed by atoms with Crippen molar-refractivity contribution >= 4 is 0 Å². The summed E-state index contributed by atoms with van der Waals surface area (Å²) in [7, 11) is 0. The molecule has 0 radical (unpaired) electrons. The summed E-state index contributed by atoms with van der Waals surface area (Å²) in [6.45, 7) is 13.3. The zero-order valence-corrected chi connectivity index (χ0v) is 25.1. The van der Waals surface area contributed by atoms with Crippen molar-refractivity contribution in [2.45, 2.75) is 105 Å². The molecule has 0 spiro atoms. The van der Waals surface area contributed by atoms with Crippen molar-refractivity contribution in [1.29, 1.82) is 0 Å². The molecule has 0 saturated heterocycles. The molecular formula is C31H36F12. The average Bonchev–Trinajstić information content (AvgIpc) is 2.83. The molecule has 0 nitrogen and oxygen atoms in total. The summed E-state index contributed by atoms with van der Waals surface area (Å²) in [4.78, 5) is 0. The molecule has 3 atom stereocenters. The molecule has 0 aliphatic rings. The lowest BCUT2D eigenvalue weighted by atomic mass is 9.52. The lowest BCUT2D eigenvalue weighted by Crippen LogP contribution is -2.43. The first-order chi connectivity index (χ1) is 19.0. The Morgan fingerprint density at radius 1 is 0.488 bits per heavy atom. The lowest BCUT2D eigenvalue weighted by Gasteiger charge is -2.52. The molecule has 0 heterocycles. The second-order valence-electron chi connectivity index (χ2n) is 12.9. The monoisotopic (exact) mass is 636 g/mol. The van der Waals surface area contributed by atoms with Crippen molar-refractivity contribution in [3.8, 4) is 0 Å². The predicted molar refractivity (Wildman–Crippen MR) is 140 cm³/mol. The first kappa shape index (κ1) is 36.8. The normalized spacial score (nSPS) is 17.0. The van der Waals surface area contributed by atoms with Crippen molar-refractivity contribution < 1.29 is 52.7 Å². The van der Waals surface area contributed by atoms with E-state index in [0.717, 1.165) is 0 Å². The fraction of sp³-hybridized carbons (Fsp3) is 0.613. The summed E-state index contributed by atoms with van der Waals surface area (Å²) in [5.74, 6) is -1.70. The molecule has 2 aromatic carbocycles. The van der Waals surface area contributed by atoms with Crippen molar-refractivity contribution in [2.75, 3.05) is 0 Å². The number of hydrogen-bond acceptors (Lipinski definition) is 0. The van der Waals surface area contributed by atoms with Crippen molar-refractivity contribution in [3.05, 3.63) is 69.8 Å². The quantitative estimate of drug-likeness (QED) is 0.253. The highest BCUT2D eigenvalue weighted by Gasteiger charge is 2.49. The van der Waals surface area contributed by atoms with Crippen LogP contribution in [0.5, 0.6) is 0 Å². The van der Waals surface area contributed by atoms with Crippen LogP contribution in [0.1, 0.15) is 113 Å². The predicted octanol–water partition coefficient (Wildman–Crippen LogP) is 12.5. The van der Waals surface area contributed by atoms with Crippen LogP contribution >= 0.6 is 0 Å². The first-order valence-electron chi connectivity index (χ1n) is 13.6. The van der Waals surface area contributed by atoms with Crippen molar-refractivity contribution in [1.82, 2.24) is 0 Å². The van der Waals surface area contributed by atoms with Crippen LogP contribution in [0.4, 0.5) is 52.7 Å². The molecule has 0 aromatic heterocycles. The third-order valence-corrected chi connectivity index (χ3v) is 9.53. The summed E-state index contributed by atoms with van der Waals surface area (Å²) in [6, 6.07) is 2.85. The van der Waals surface area contributed by atoms with E-state index in [0.29, 0.717) is 30.7 Å². The van der Waals surface area contributed by atoms with Gasteiger partial charge in [0, 0.05) is 0 Å². The van der Waals surface area contributed by atoms with Gasteiger partial charge in [-0.2, -0.15) is 52.7 Å². The van der Waals surface area contributed by atoms with Gasteiger partial charge in [0.15, 0.2) is 0 Å². The topological polar surface area (TPSA) is 0 Å². The molecule has 43 heavy (non-hydrogen) atoms. The molecule has 2 rings (SSSR count). The molecule has 0 saturated carbocycles. The van der Waals surface area contributed by atoms with E-state index in [4.69, 9.17) is 0 Å². The fourth-order valence-electron chi connectivity index (χ4n) is 6.14. The zero-order valence-electron chi connectivity index (χ0n) is 25.1. The van der Waals surface area contributed by atoms with Crippen LogP contribution < -0.4 is 0 Å². The largest absolute Gasteiger partial charge is 0.416 e. The maximum Gasteiger partial charge on any atom is 0.416 e. The molecule has 0 amide bonds. The average molecular weight is 637 g/mol. The van der Waals surface area contributed by atoms with E-state index >= 15 is 0 Å². The molecular weight excluding hydrogens is 600 g/mol. The van der Waals surface area contributed by atoms with Crippen molar-refractivity contribution in [2.24, 2.45) is 16.2 Å².